The van der Waals surface area contributed by atoms with Gasteiger partial charge in [0, 0.05) is 36.9 Å². The summed E-state index contributed by atoms with van der Waals surface area (Å²) in [7, 11) is 0. The molecule has 0 aliphatic carbocycles. The van der Waals surface area contributed by atoms with Crippen molar-refractivity contribution in [2.24, 2.45) is 0 Å². The van der Waals surface area contributed by atoms with Gasteiger partial charge in [0.2, 0.25) is 0 Å². The Bertz CT molecular complexity index is 2950. The third-order valence-corrected chi connectivity index (χ3v) is 11.1. The number of thiophene rings is 1. The second kappa shape index (κ2) is 13.1. The monoisotopic (exact) mass is 693 g/mol. The molecule has 0 fully saturated rings. The van der Waals surface area contributed by atoms with Crippen molar-refractivity contribution in [3.05, 3.63) is 188 Å². The predicted molar refractivity (Wildman–Crippen MR) is 223 cm³/mol. The van der Waals surface area contributed by atoms with Crippen LogP contribution in [0.2, 0.25) is 0 Å². The summed E-state index contributed by atoms with van der Waals surface area (Å²) in [6.45, 7) is 0. The summed E-state index contributed by atoms with van der Waals surface area (Å²) in [6.07, 6.45) is 0. The minimum Gasteiger partial charge on any atom is -0.208 e. The number of hydrogen-bond donors (Lipinski definition) is 0. The van der Waals surface area contributed by atoms with Crippen LogP contribution < -0.4 is 0 Å². The normalized spacial score (nSPS) is 11.4. The standard InChI is InChI=1S/C49H31N3S/c1-3-13-32(14-4-1)40-19-7-8-20-42(40)49-51-47(33-15-5-2-6-16-33)50-48(52-49)39-18-11-17-34(31-39)35-25-26-37-30-38(28-27-36(37)29-35)41-22-12-24-45-46(41)43-21-9-10-23-44(43)53-45/h1-31H. The van der Waals surface area contributed by atoms with E-state index >= 15 is 0 Å². The molecule has 10 rings (SSSR count). The molecule has 0 radical (unpaired) electrons. The summed E-state index contributed by atoms with van der Waals surface area (Å²) in [5.41, 5.74) is 9.81. The first-order valence-electron chi connectivity index (χ1n) is 17.8. The molecule has 0 unspecified atom stereocenters. The summed E-state index contributed by atoms with van der Waals surface area (Å²) in [5.74, 6) is 1.93. The highest BCUT2D eigenvalue weighted by Gasteiger charge is 2.16. The summed E-state index contributed by atoms with van der Waals surface area (Å²) in [5, 5.41) is 5.07. The van der Waals surface area contributed by atoms with Crippen LogP contribution in [0.25, 0.3) is 98.5 Å². The van der Waals surface area contributed by atoms with Crippen molar-refractivity contribution in [3.63, 3.8) is 0 Å². The third-order valence-electron chi connectivity index (χ3n) is 9.93. The fraction of sp³-hybridized carbons (Fsp3) is 0. The van der Waals surface area contributed by atoms with Crippen LogP contribution in [-0.2, 0) is 0 Å². The lowest BCUT2D eigenvalue weighted by Gasteiger charge is -2.12. The lowest BCUT2D eigenvalue weighted by Crippen LogP contribution is -2.01. The Hall–Kier alpha value is -6.75. The molecule has 53 heavy (non-hydrogen) atoms. The van der Waals surface area contributed by atoms with Gasteiger partial charge in [0.15, 0.2) is 17.5 Å². The zero-order chi connectivity index (χ0) is 35.1. The Morgan fingerprint density at radius 3 is 1.64 bits per heavy atom. The molecule has 2 aromatic heterocycles. The molecular weight excluding hydrogens is 663 g/mol. The topological polar surface area (TPSA) is 38.7 Å². The van der Waals surface area contributed by atoms with Crippen LogP contribution in [0.15, 0.2) is 188 Å². The molecule has 3 nitrogen and oxygen atoms in total. The maximum absolute atomic E-state index is 5.12. The molecule has 0 bridgehead atoms. The summed E-state index contributed by atoms with van der Waals surface area (Å²) >= 11 is 1.86. The van der Waals surface area contributed by atoms with Crippen LogP contribution in [-0.4, -0.2) is 15.0 Å². The molecule has 0 saturated heterocycles. The second-order valence-corrected chi connectivity index (χ2v) is 14.3. The molecule has 8 aromatic carbocycles. The Labute approximate surface area is 311 Å². The van der Waals surface area contributed by atoms with Crippen LogP contribution in [0.3, 0.4) is 0 Å². The molecule has 2 heterocycles. The van der Waals surface area contributed by atoms with Gasteiger partial charge in [0.05, 0.1) is 0 Å². The first-order chi connectivity index (χ1) is 26.2. The number of nitrogens with zero attached hydrogens (tertiary/aromatic N) is 3. The van der Waals surface area contributed by atoms with E-state index in [2.05, 4.69) is 146 Å². The molecule has 248 valence electrons. The lowest BCUT2D eigenvalue weighted by atomic mass is 9.95. The average molecular weight is 694 g/mol. The van der Waals surface area contributed by atoms with Gasteiger partial charge in [0.1, 0.15) is 0 Å². The largest absolute Gasteiger partial charge is 0.208 e. The summed E-state index contributed by atoms with van der Waals surface area (Å²) in [6, 6.07) is 66.3. The van der Waals surface area contributed by atoms with E-state index in [9.17, 15) is 0 Å². The van der Waals surface area contributed by atoms with Crippen LogP contribution in [0.1, 0.15) is 0 Å². The van der Waals surface area contributed by atoms with Crippen LogP contribution in [0, 0.1) is 0 Å². The Morgan fingerprint density at radius 2 is 0.830 bits per heavy atom. The number of fused-ring (bicyclic) bond motifs is 4. The Morgan fingerprint density at radius 1 is 0.302 bits per heavy atom. The van der Waals surface area contributed by atoms with Gasteiger partial charge < -0.3 is 0 Å². The van der Waals surface area contributed by atoms with E-state index in [0.717, 1.165) is 38.9 Å². The maximum Gasteiger partial charge on any atom is 0.164 e. The van der Waals surface area contributed by atoms with Crippen LogP contribution in [0.4, 0.5) is 0 Å². The minimum atomic E-state index is 0.638. The summed E-state index contributed by atoms with van der Waals surface area (Å²) < 4.78 is 2.64. The van der Waals surface area contributed by atoms with E-state index in [1.165, 1.54) is 42.1 Å². The van der Waals surface area contributed by atoms with Gasteiger partial charge in [0.25, 0.3) is 0 Å². The van der Waals surface area contributed by atoms with E-state index < -0.39 is 0 Å². The van der Waals surface area contributed by atoms with Crippen molar-refractivity contribution in [2.45, 2.75) is 0 Å². The predicted octanol–water partition coefficient (Wildman–Crippen LogP) is 13.4. The highest BCUT2D eigenvalue weighted by molar-refractivity contribution is 7.25. The van der Waals surface area contributed by atoms with Crippen molar-refractivity contribution >= 4 is 42.3 Å². The quantitative estimate of drug-likeness (QED) is 0.174. The van der Waals surface area contributed by atoms with E-state index in [0.29, 0.717) is 17.5 Å². The zero-order valence-corrected chi connectivity index (χ0v) is 29.5. The number of hydrogen-bond acceptors (Lipinski definition) is 4. The van der Waals surface area contributed by atoms with E-state index in [1.807, 2.05) is 53.8 Å². The first kappa shape index (κ1) is 31.0. The van der Waals surface area contributed by atoms with Crippen molar-refractivity contribution < 1.29 is 0 Å². The number of aromatic nitrogens is 3. The van der Waals surface area contributed by atoms with Gasteiger partial charge >= 0.3 is 0 Å². The van der Waals surface area contributed by atoms with Gasteiger partial charge in [-0.1, -0.05) is 158 Å². The first-order valence-corrected chi connectivity index (χ1v) is 18.6. The van der Waals surface area contributed by atoms with Gasteiger partial charge in [-0.15, -0.1) is 11.3 Å². The van der Waals surface area contributed by atoms with Gasteiger partial charge in [-0.25, -0.2) is 15.0 Å². The lowest BCUT2D eigenvalue weighted by molar-refractivity contribution is 1.07. The van der Waals surface area contributed by atoms with E-state index in [1.54, 1.807) is 0 Å². The molecular formula is C49H31N3S. The van der Waals surface area contributed by atoms with Crippen molar-refractivity contribution in [2.75, 3.05) is 0 Å². The Kier molecular flexibility index (Phi) is 7.67. The number of benzene rings is 8. The van der Waals surface area contributed by atoms with Crippen molar-refractivity contribution in [1.29, 1.82) is 0 Å². The minimum absolute atomic E-state index is 0.638. The van der Waals surface area contributed by atoms with Crippen LogP contribution in [0.5, 0.6) is 0 Å². The molecule has 0 aliphatic rings. The molecule has 0 atom stereocenters. The van der Waals surface area contributed by atoms with Crippen LogP contribution >= 0.6 is 11.3 Å². The second-order valence-electron chi connectivity index (χ2n) is 13.2. The number of rotatable bonds is 6. The molecule has 10 aromatic rings. The molecule has 0 aliphatic heterocycles. The highest BCUT2D eigenvalue weighted by atomic mass is 32.1. The smallest absolute Gasteiger partial charge is 0.164 e. The van der Waals surface area contributed by atoms with E-state index in [-0.39, 0.29) is 0 Å². The fourth-order valence-corrected chi connectivity index (χ4v) is 8.47. The molecule has 4 heteroatoms. The molecule has 0 saturated carbocycles. The maximum atomic E-state index is 5.12. The molecule has 0 N–H and O–H groups in total. The van der Waals surface area contributed by atoms with Crippen molar-refractivity contribution in [3.8, 4) is 67.5 Å². The average Bonchev–Trinajstić information content (AvgIpc) is 3.63. The van der Waals surface area contributed by atoms with Gasteiger partial charge in [-0.2, -0.15) is 0 Å². The Balaban J connectivity index is 1.05. The fourth-order valence-electron chi connectivity index (χ4n) is 7.34. The van der Waals surface area contributed by atoms with E-state index in [4.69, 9.17) is 15.0 Å². The van der Waals surface area contributed by atoms with Gasteiger partial charge in [-0.3, -0.25) is 0 Å². The highest BCUT2D eigenvalue weighted by Crippen LogP contribution is 2.41. The molecule has 0 amide bonds. The zero-order valence-electron chi connectivity index (χ0n) is 28.6. The SMILES string of the molecule is c1ccc(-c2nc(-c3cccc(-c4ccc5cc(-c6cccc7sc8ccccc8c67)ccc5c4)c3)nc(-c3ccccc3-c3ccccc3)n2)cc1. The summed E-state index contributed by atoms with van der Waals surface area (Å²) in [4.78, 5) is 15.2. The molecule has 0 spiro atoms. The van der Waals surface area contributed by atoms with Gasteiger partial charge in [-0.05, 0) is 74.5 Å². The third kappa shape index (κ3) is 5.76. The van der Waals surface area contributed by atoms with Crippen molar-refractivity contribution in [1.82, 2.24) is 15.0 Å².